The second kappa shape index (κ2) is 14.4. The van der Waals surface area contributed by atoms with E-state index in [1.165, 1.54) is 30.7 Å². The van der Waals surface area contributed by atoms with Gasteiger partial charge in [-0.1, -0.05) is 0 Å². The predicted molar refractivity (Wildman–Crippen MR) is 97.3 cm³/mol. The number of hydrogen-bond acceptors (Lipinski definition) is 3. The molecular weight excluding hydrogens is 469 g/mol. The van der Waals surface area contributed by atoms with Gasteiger partial charge in [0.05, 0.1) is 42.1 Å². The van der Waals surface area contributed by atoms with Gasteiger partial charge in [-0.25, -0.2) is 47.9 Å². The summed E-state index contributed by atoms with van der Waals surface area (Å²) in [4.78, 5) is 0. The molecule has 0 fully saturated rings. The maximum absolute atomic E-state index is 13.1. The summed E-state index contributed by atoms with van der Waals surface area (Å²) < 4.78 is 145. The number of hydrogen-bond donors (Lipinski definition) is 0. The van der Waals surface area contributed by atoms with E-state index < -0.39 is 65.5 Å². The van der Waals surface area contributed by atoms with Crippen molar-refractivity contribution in [2.75, 3.05) is 31.9 Å². The van der Waals surface area contributed by atoms with Crippen LogP contribution in [-0.2, 0) is 10.1 Å². The number of quaternary nitrogens is 1. The van der Waals surface area contributed by atoms with E-state index in [1.807, 2.05) is 0 Å². The predicted octanol–water partition coefficient (Wildman–Crippen LogP) is 4.05. The molecule has 31 heavy (non-hydrogen) atoms. The van der Waals surface area contributed by atoms with Gasteiger partial charge in [-0.15, -0.1) is 0 Å². The van der Waals surface area contributed by atoms with Crippen molar-refractivity contribution in [2.45, 2.75) is 77.3 Å². The molecule has 0 spiro atoms. The zero-order chi connectivity index (χ0) is 25.2. The van der Waals surface area contributed by atoms with E-state index >= 15 is 0 Å². The van der Waals surface area contributed by atoms with Crippen molar-refractivity contribution < 1.29 is 57.0 Å². The fourth-order valence-electron chi connectivity index (χ4n) is 2.67. The van der Waals surface area contributed by atoms with E-state index in [9.17, 15) is 52.5 Å². The van der Waals surface area contributed by atoms with Gasteiger partial charge in [-0.2, -0.15) is 0 Å². The zero-order valence-electron chi connectivity index (χ0n) is 17.6. The number of alkyl halides is 9. The maximum Gasteiger partial charge on any atom is 0.272 e. The minimum Gasteiger partial charge on any atom is -0.748 e. The molecule has 0 rings (SSSR count). The highest BCUT2D eigenvalue weighted by atomic mass is 32.2. The van der Waals surface area contributed by atoms with Gasteiger partial charge in [0.2, 0.25) is 0 Å². The summed E-state index contributed by atoms with van der Waals surface area (Å²) in [5.41, 5.74) is 0. The summed E-state index contributed by atoms with van der Waals surface area (Å²) in [6.07, 6.45) is -30.5. The Bertz CT molecular complexity index is 564. The van der Waals surface area contributed by atoms with Crippen molar-refractivity contribution in [3.05, 3.63) is 0 Å². The fraction of sp³-hybridized carbons (Fsp3) is 1.00. The molecule has 0 aliphatic heterocycles. The van der Waals surface area contributed by atoms with Gasteiger partial charge in [-0.3, -0.25) is 0 Å². The second-order valence-electron chi connectivity index (χ2n) is 6.85. The van der Waals surface area contributed by atoms with Crippen LogP contribution in [0.25, 0.3) is 0 Å². The van der Waals surface area contributed by atoms with E-state index in [0.717, 1.165) is 0 Å². The molecule has 7 unspecified atom stereocenters. The minimum absolute atomic E-state index is 1.28. The van der Waals surface area contributed by atoms with Crippen LogP contribution in [0.1, 0.15) is 27.7 Å². The summed E-state index contributed by atoms with van der Waals surface area (Å²) in [5.74, 6) is -2.11. The molecule has 0 bridgehead atoms. The molecule has 190 valence electrons. The van der Waals surface area contributed by atoms with E-state index in [1.54, 1.807) is 0 Å². The van der Waals surface area contributed by atoms with E-state index in [4.69, 9.17) is 0 Å². The van der Waals surface area contributed by atoms with E-state index in [2.05, 4.69) is 27.7 Å². The average molecular weight is 499 g/mol. The summed E-state index contributed by atoms with van der Waals surface area (Å²) in [6, 6.07) is 0. The third kappa shape index (κ3) is 11.1. The largest absolute Gasteiger partial charge is 0.748 e. The van der Waals surface area contributed by atoms with Crippen molar-refractivity contribution in [1.29, 1.82) is 0 Å². The fourth-order valence-corrected chi connectivity index (χ4v) is 3.24. The van der Waals surface area contributed by atoms with Crippen molar-refractivity contribution in [1.82, 2.24) is 0 Å². The Balaban J connectivity index is 0. The lowest BCUT2D eigenvalue weighted by atomic mass is 10.00. The molecule has 0 saturated heterocycles. The van der Waals surface area contributed by atoms with Gasteiger partial charge in [0.1, 0.15) is 6.17 Å². The first-order valence-corrected chi connectivity index (χ1v) is 11.2. The molecule has 0 aromatic rings. The maximum atomic E-state index is 13.1. The molecule has 0 saturated carbocycles. The van der Waals surface area contributed by atoms with Crippen molar-refractivity contribution in [3.8, 4) is 0 Å². The van der Waals surface area contributed by atoms with Gasteiger partial charge in [-0.05, 0) is 27.7 Å². The van der Waals surface area contributed by atoms with Crippen molar-refractivity contribution >= 4 is 10.1 Å². The molecule has 14 heteroatoms. The number of rotatable bonds is 13. The van der Waals surface area contributed by atoms with Gasteiger partial charge in [0.15, 0.2) is 37.0 Å². The Labute approximate surface area is 177 Å². The standard InChI is InChI=1S/C9H11F9O3S.C8H20N/c10-2(1-22(19,20)21)3(11)4(12)5(13)6(14)7(15)8(16)9(17)18;1-5-9(6-2,7-3)8-4/h2-9H,1H2,(H,19,20,21);5-8H2,1-4H3/q;+1/p-1. The van der Waals surface area contributed by atoms with Crippen LogP contribution in [-0.4, -0.2) is 99.0 Å². The smallest absolute Gasteiger partial charge is 0.272 e. The lowest BCUT2D eigenvalue weighted by Crippen LogP contribution is -2.47. The minimum atomic E-state index is -5.37. The zero-order valence-corrected chi connectivity index (χ0v) is 18.5. The Kier molecular flexibility index (Phi) is 15.1. The van der Waals surface area contributed by atoms with Gasteiger partial charge < -0.3 is 9.04 Å². The highest BCUT2D eigenvalue weighted by Crippen LogP contribution is 2.27. The first-order chi connectivity index (χ1) is 14.0. The highest BCUT2D eigenvalue weighted by molar-refractivity contribution is 7.85. The van der Waals surface area contributed by atoms with Crippen LogP contribution in [0.4, 0.5) is 39.5 Å². The first kappa shape index (κ1) is 32.4. The highest BCUT2D eigenvalue weighted by Gasteiger charge is 2.47. The summed E-state index contributed by atoms with van der Waals surface area (Å²) in [7, 11) is -5.37. The van der Waals surface area contributed by atoms with Crippen molar-refractivity contribution in [3.63, 3.8) is 0 Å². The Morgan fingerprint density at radius 1 is 0.613 bits per heavy atom. The summed E-state index contributed by atoms with van der Waals surface area (Å²) in [5, 5.41) is 0. The van der Waals surface area contributed by atoms with Crippen molar-refractivity contribution in [2.24, 2.45) is 0 Å². The molecule has 0 aromatic carbocycles. The Morgan fingerprint density at radius 3 is 1.13 bits per heavy atom. The van der Waals surface area contributed by atoms with E-state index in [-0.39, 0.29) is 0 Å². The lowest BCUT2D eigenvalue weighted by Gasteiger charge is -2.34. The molecule has 0 amide bonds. The van der Waals surface area contributed by atoms with Gasteiger partial charge in [0.25, 0.3) is 6.43 Å². The molecule has 7 atom stereocenters. The lowest BCUT2D eigenvalue weighted by molar-refractivity contribution is -0.921. The van der Waals surface area contributed by atoms with Crippen LogP contribution < -0.4 is 0 Å². The first-order valence-electron chi connectivity index (χ1n) is 9.59. The van der Waals surface area contributed by atoms with E-state index in [0.29, 0.717) is 0 Å². The molecule has 0 N–H and O–H groups in total. The summed E-state index contributed by atoms with van der Waals surface area (Å²) >= 11 is 0. The monoisotopic (exact) mass is 499 g/mol. The average Bonchev–Trinajstić information content (AvgIpc) is 2.71. The number of nitrogens with zero attached hydrogens (tertiary/aromatic N) is 1. The van der Waals surface area contributed by atoms with Gasteiger partial charge in [0, 0.05) is 0 Å². The topological polar surface area (TPSA) is 57.2 Å². The summed E-state index contributed by atoms with van der Waals surface area (Å²) in [6.45, 7) is 14.2. The molecule has 0 aromatic heterocycles. The number of halogens is 9. The molecule has 0 aliphatic rings. The molecule has 0 heterocycles. The van der Waals surface area contributed by atoms with Crippen LogP contribution in [0.2, 0.25) is 0 Å². The van der Waals surface area contributed by atoms with Crippen LogP contribution in [0, 0.1) is 0 Å². The Morgan fingerprint density at radius 2 is 0.903 bits per heavy atom. The van der Waals surface area contributed by atoms with Gasteiger partial charge >= 0.3 is 0 Å². The Hall–Kier alpha value is -0.760. The second-order valence-corrected chi connectivity index (χ2v) is 8.30. The van der Waals surface area contributed by atoms with Crippen LogP contribution in [0.5, 0.6) is 0 Å². The van der Waals surface area contributed by atoms with Crippen LogP contribution in [0.3, 0.4) is 0 Å². The molecule has 0 aliphatic carbocycles. The SMILES string of the molecule is CC[N+](CC)(CC)CC.O=S(=O)([O-])CC(F)C(F)C(F)C(F)C(F)C(F)C(F)C(F)F. The molecular formula is C17H30F9NO3S. The quantitative estimate of drug-likeness (QED) is 0.218. The normalized spacial score (nSPS) is 19.6. The third-order valence-corrected chi connectivity index (χ3v) is 5.88. The van der Waals surface area contributed by atoms with Crippen LogP contribution >= 0.6 is 0 Å². The molecule has 4 nitrogen and oxygen atoms in total. The van der Waals surface area contributed by atoms with Crippen LogP contribution in [0.15, 0.2) is 0 Å². The molecule has 0 radical (unpaired) electrons. The third-order valence-electron chi connectivity index (χ3n) is 5.15.